The summed E-state index contributed by atoms with van der Waals surface area (Å²) in [6.07, 6.45) is 0.622. The fourth-order valence-corrected chi connectivity index (χ4v) is 4.63. The van der Waals surface area contributed by atoms with Crippen LogP contribution in [0.4, 0.5) is 0 Å². The summed E-state index contributed by atoms with van der Waals surface area (Å²) in [6, 6.07) is 19.1. The van der Waals surface area contributed by atoms with Gasteiger partial charge in [0.15, 0.2) is 11.5 Å². The van der Waals surface area contributed by atoms with Crippen LogP contribution < -0.4 is 18.9 Å². The van der Waals surface area contributed by atoms with Crippen molar-refractivity contribution in [3.8, 4) is 23.0 Å². The van der Waals surface area contributed by atoms with Gasteiger partial charge < -0.3 is 29.0 Å². The van der Waals surface area contributed by atoms with Crippen LogP contribution in [0.1, 0.15) is 36.1 Å². The lowest BCUT2D eigenvalue weighted by molar-refractivity contribution is -0.139. The fraction of sp³-hybridized carbons (Fsp3) is 0.267. The van der Waals surface area contributed by atoms with E-state index in [9.17, 15) is 14.7 Å². The first-order valence-corrected chi connectivity index (χ1v) is 12.3. The Bertz CT molecular complexity index is 1330. The number of methoxy groups -OCH3 is 3. The number of rotatable bonds is 10. The standard InChI is InChI=1S/C30H31NO7/c1-5-16-31-27(20-14-15-21(24(17-20)37-4)38-18-19-10-7-6-8-11-19)26(29(33)30(31)34)28(32)25-22(35-2)12-9-13-23(25)36-3/h6-15,17,27,32H,5,16,18H2,1-4H3/b28-26+. The van der Waals surface area contributed by atoms with Crippen LogP contribution in [0, 0.1) is 0 Å². The molecule has 8 nitrogen and oxygen atoms in total. The molecule has 0 saturated carbocycles. The average molecular weight is 518 g/mol. The molecule has 1 aliphatic heterocycles. The molecule has 1 saturated heterocycles. The second-order valence-corrected chi connectivity index (χ2v) is 8.71. The number of carbonyl (C=O) groups is 2. The summed E-state index contributed by atoms with van der Waals surface area (Å²) in [7, 11) is 4.44. The molecule has 0 radical (unpaired) electrons. The third-order valence-electron chi connectivity index (χ3n) is 6.41. The van der Waals surface area contributed by atoms with Crippen LogP contribution in [0.2, 0.25) is 0 Å². The monoisotopic (exact) mass is 517 g/mol. The third-order valence-corrected chi connectivity index (χ3v) is 6.41. The smallest absolute Gasteiger partial charge is 0.295 e. The maximum absolute atomic E-state index is 13.3. The summed E-state index contributed by atoms with van der Waals surface area (Å²) in [5, 5.41) is 11.5. The van der Waals surface area contributed by atoms with E-state index in [2.05, 4.69) is 0 Å². The van der Waals surface area contributed by atoms with Crippen molar-refractivity contribution >= 4 is 17.4 Å². The molecule has 198 valence electrons. The molecular formula is C30H31NO7. The first-order chi connectivity index (χ1) is 18.4. The van der Waals surface area contributed by atoms with Gasteiger partial charge in [-0.05, 0) is 41.8 Å². The van der Waals surface area contributed by atoms with Crippen molar-refractivity contribution in [2.24, 2.45) is 0 Å². The zero-order chi connectivity index (χ0) is 27.2. The molecule has 1 amide bonds. The molecule has 0 bridgehead atoms. The Morgan fingerprint density at radius 2 is 1.50 bits per heavy atom. The quantitative estimate of drug-likeness (QED) is 0.227. The van der Waals surface area contributed by atoms with Gasteiger partial charge in [0.25, 0.3) is 11.7 Å². The number of ketones is 1. The van der Waals surface area contributed by atoms with E-state index in [-0.39, 0.29) is 16.9 Å². The van der Waals surface area contributed by atoms with Crippen molar-refractivity contribution in [3.63, 3.8) is 0 Å². The lowest BCUT2D eigenvalue weighted by Gasteiger charge is -2.26. The molecule has 3 aromatic rings. The number of aliphatic hydroxyl groups excluding tert-OH is 1. The SMILES string of the molecule is CCCN1C(=O)C(=O)/C(=C(/O)c2c(OC)cccc2OC)C1c1ccc(OCc2ccccc2)c(OC)c1. The summed E-state index contributed by atoms with van der Waals surface area (Å²) >= 11 is 0. The molecule has 1 unspecified atom stereocenters. The Labute approximate surface area is 222 Å². The van der Waals surface area contributed by atoms with Gasteiger partial charge in [0.2, 0.25) is 0 Å². The Kier molecular flexibility index (Phi) is 8.21. The van der Waals surface area contributed by atoms with Crippen LogP contribution in [-0.2, 0) is 16.2 Å². The zero-order valence-electron chi connectivity index (χ0n) is 21.9. The van der Waals surface area contributed by atoms with Crippen LogP contribution in [0.5, 0.6) is 23.0 Å². The Hall–Kier alpha value is -4.46. The van der Waals surface area contributed by atoms with Gasteiger partial charge in [-0.25, -0.2) is 0 Å². The van der Waals surface area contributed by atoms with Crippen molar-refractivity contribution in [2.75, 3.05) is 27.9 Å². The number of hydrogen-bond acceptors (Lipinski definition) is 7. The number of nitrogens with zero attached hydrogens (tertiary/aromatic N) is 1. The minimum absolute atomic E-state index is 0.0498. The number of amides is 1. The zero-order valence-corrected chi connectivity index (χ0v) is 21.9. The van der Waals surface area contributed by atoms with Gasteiger partial charge in [-0.15, -0.1) is 0 Å². The summed E-state index contributed by atoms with van der Waals surface area (Å²) in [6.45, 7) is 2.59. The van der Waals surface area contributed by atoms with Gasteiger partial charge >= 0.3 is 0 Å². The predicted molar refractivity (Wildman–Crippen MR) is 143 cm³/mol. The topological polar surface area (TPSA) is 94.5 Å². The first-order valence-electron chi connectivity index (χ1n) is 12.3. The van der Waals surface area contributed by atoms with E-state index in [0.717, 1.165) is 5.56 Å². The average Bonchev–Trinajstić information content (AvgIpc) is 3.20. The van der Waals surface area contributed by atoms with Crippen molar-refractivity contribution in [1.29, 1.82) is 0 Å². The number of benzene rings is 3. The van der Waals surface area contributed by atoms with Gasteiger partial charge in [0.1, 0.15) is 29.4 Å². The van der Waals surface area contributed by atoms with Gasteiger partial charge in [-0.2, -0.15) is 0 Å². The van der Waals surface area contributed by atoms with Crippen molar-refractivity contribution < 1.29 is 33.6 Å². The molecule has 38 heavy (non-hydrogen) atoms. The summed E-state index contributed by atoms with van der Waals surface area (Å²) < 4.78 is 22.5. The number of carbonyl (C=O) groups excluding carboxylic acids is 2. The molecule has 1 N–H and O–H groups in total. The molecule has 1 heterocycles. The molecule has 3 aromatic carbocycles. The molecular weight excluding hydrogens is 486 g/mol. The minimum Gasteiger partial charge on any atom is -0.506 e. The molecule has 0 aromatic heterocycles. The second kappa shape index (κ2) is 11.7. The molecule has 0 aliphatic carbocycles. The number of ether oxygens (including phenoxy) is 4. The van der Waals surface area contributed by atoms with Crippen LogP contribution in [0.15, 0.2) is 72.3 Å². The summed E-state index contributed by atoms with van der Waals surface area (Å²) in [4.78, 5) is 27.9. The second-order valence-electron chi connectivity index (χ2n) is 8.71. The van der Waals surface area contributed by atoms with E-state index in [1.807, 2.05) is 37.3 Å². The fourth-order valence-electron chi connectivity index (χ4n) is 4.63. The molecule has 0 spiro atoms. The number of hydrogen-bond donors (Lipinski definition) is 1. The Balaban J connectivity index is 1.82. The maximum Gasteiger partial charge on any atom is 0.295 e. The minimum atomic E-state index is -0.846. The van der Waals surface area contributed by atoms with E-state index in [0.29, 0.717) is 48.1 Å². The van der Waals surface area contributed by atoms with E-state index >= 15 is 0 Å². The van der Waals surface area contributed by atoms with Crippen LogP contribution in [-0.4, -0.2) is 49.6 Å². The highest BCUT2D eigenvalue weighted by Gasteiger charge is 2.46. The van der Waals surface area contributed by atoms with Crippen LogP contribution in [0.3, 0.4) is 0 Å². The lowest BCUT2D eigenvalue weighted by Crippen LogP contribution is -2.30. The van der Waals surface area contributed by atoms with Crippen molar-refractivity contribution in [1.82, 2.24) is 4.90 Å². The first kappa shape index (κ1) is 26.6. The molecule has 1 aliphatic rings. The van der Waals surface area contributed by atoms with E-state index in [1.165, 1.54) is 26.2 Å². The maximum atomic E-state index is 13.3. The third kappa shape index (κ3) is 5.02. The molecule has 4 rings (SSSR count). The van der Waals surface area contributed by atoms with Gasteiger partial charge in [0, 0.05) is 6.54 Å². The normalized spacial score (nSPS) is 16.4. The highest BCUT2D eigenvalue weighted by Crippen LogP contribution is 2.45. The lowest BCUT2D eigenvalue weighted by atomic mass is 9.94. The molecule has 1 fully saturated rings. The molecule has 8 heteroatoms. The number of Topliss-reactive ketones (excluding diaryl/α,β-unsaturated/α-hetero) is 1. The summed E-state index contributed by atoms with van der Waals surface area (Å²) in [5.41, 5.74) is 1.75. The van der Waals surface area contributed by atoms with Crippen LogP contribution in [0.25, 0.3) is 5.76 Å². The number of aliphatic hydroxyl groups is 1. The van der Waals surface area contributed by atoms with Gasteiger partial charge in [-0.1, -0.05) is 49.4 Å². The molecule has 1 atom stereocenters. The number of likely N-dealkylation sites (tertiary alicyclic amines) is 1. The van der Waals surface area contributed by atoms with E-state index < -0.39 is 17.7 Å². The highest BCUT2D eigenvalue weighted by molar-refractivity contribution is 6.46. The van der Waals surface area contributed by atoms with Crippen LogP contribution >= 0.6 is 0 Å². The summed E-state index contributed by atoms with van der Waals surface area (Å²) in [5.74, 6) is -0.263. The van der Waals surface area contributed by atoms with Gasteiger partial charge in [0.05, 0.1) is 32.9 Å². The highest BCUT2D eigenvalue weighted by atomic mass is 16.5. The van der Waals surface area contributed by atoms with Crippen molar-refractivity contribution in [2.45, 2.75) is 26.0 Å². The van der Waals surface area contributed by atoms with E-state index in [1.54, 1.807) is 36.4 Å². The largest absolute Gasteiger partial charge is 0.506 e. The van der Waals surface area contributed by atoms with Crippen molar-refractivity contribution in [3.05, 3.63) is 89.0 Å². The Morgan fingerprint density at radius 1 is 0.842 bits per heavy atom. The van der Waals surface area contributed by atoms with E-state index in [4.69, 9.17) is 18.9 Å². The Morgan fingerprint density at radius 3 is 2.11 bits per heavy atom. The predicted octanol–water partition coefficient (Wildman–Crippen LogP) is 5.12. The van der Waals surface area contributed by atoms with Gasteiger partial charge in [-0.3, -0.25) is 9.59 Å².